The molecule has 0 aliphatic heterocycles. The van der Waals surface area contributed by atoms with Crippen molar-refractivity contribution in [3.8, 4) is 0 Å². The van der Waals surface area contributed by atoms with E-state index in [9.17, 15) is 14.4 Å². The molecule has 0 aliphatic rings. The van der Waals surface area contributed by atoms with Gasteiger partial charge in [-0.3, -0.25) is 4.79 Å². The van der Waals surface area contributed by atoms with E-state index in [1.54, 1.807) is 14.0 Å². The van der Waals surface area contributed by atoms with Gasteiger partial charge >= 0.3 is 12.0 Å². The Morgan fingerprint density at radius 2 is 2.00 bits per heavy atom. The number of rotatable bonds is 8. The molecule has 0 aliphatic carbocycles. The van der Waals surface area contributed by atoms with Crippen LogP contribution in [0.4, 0.5) is 4.79 Å². The summed E-state index contributed by atoms with van der Waals surface area (Å²) < 4.78 is 4.74. The highest BCUT2D eigenvalue weighted by Gasteiger charge is 2.17. The zero-order chi connectivity index (χ0) is 14.8. The predicted molar refractivity (Wildman–Crippen MR) is 67.8 cm³/mol. The highest BCUT2D eigenvalue weighted by atomic mass is 16.5. The maximum absolute atomic E-state index is 11.7. The average molecular weight is 275 g/mol. The van der Waals surface area contributed by atoms with E-state index in [0.717, 1.165) is 0 Å². The largest absolute Gasteiger partial charge is 0.480 e. The second kappa shape index (κ2) is 9.15. The van der Waals surface area contributed by atoms with Crippen LogP contribution in [0.25, 0.3) is 0 Å². The van der Waals surface area contributed by atoms with E-state index in [2.05, 4.69) is 10.6 Å². The molecule has 0 aromatic rings. The third-order valence-electron chi connectivity index (χ3n) is 2.33. The van der Waals surface area contributed by atoms with E-state index >= 15 is 0 Å². The van der Waals surface area contributed by atoms with Crippen LogP contribution >= 0.6 is 0 Å². The molecule has 3 N–H and O–H groups in total. The maximum Gasteiger partial charge on any atom is 0.329 e. The van der Waals surface area contributed by atoms with Gasteiger partial charge in [0.2, 0.25) is 5.91 Å². The first-order valence-corrected chi connectivity index (χ1v) is 5.97. The maximum atomic E-state index is 11.7. The second-order valence-electron chi connectivity index (χ2n) is 3.92. The number of amides is 3. The number of nitrogens with one attached hydrogen (secondary N) is 2. The minimum atomic E-state index is -1.06. The molecule has 0 fully saturated rings. The number of carboxylic acid groups (broad SMARTS) is 1. The lowest BCUT2D eigenvalue weighted by Gasteiger charge is -2.20. The first-order valence-electron chi connectivity index (χ1n) is 5.97. The first-order chi connectivity index (χ1) is 8.88. The Kier molecular flexibility index (Phi) is 8.27. The summed E-state index contributed by atoms with van der Waals surface area (Å²) in [6.45, 7) is 3.86. The van der Waals surface area contributed by atoms with Gasteiger partial charge in [0.1, 0.15) is 12.6 Å². The minimum Gasteiger partial charge on any atom is -0.480 e. The summed E-state index contributed by atoms with van der Waals surface area (Å²) in [6, 6.07) is -1.12. The molecule has 3 amide bonds. The van der Waals surface area contributed by atoms with Crippen molar-refractivity contribution in [2.75, 3.05) is 33.4 Å². The molecular formula is C11H21N3O5. The lowest BCUT2D eigenvalue weighted by atomic mass is 10.3. The average Bonchev–Trinajstić information content (AvgIpc) is 2.35. The van der Waals surface area contributed by atoms with Gasteiger partial charge in [0, 0.05) is 20.1 Å². The lowest BCUT2D eigenvalue weighted by Crippen LogP contribution is -2.49. The van der Waals surface area contributed by atoms with Gasteiger partial charge in [-0.1, -0.05) is 0 Å². The number of aliphatic carboxylic acids is 1. The van der Waals surface area contributed by atoms with E-state index in [-0.39, 0.29) is 19.1 Å². The summed E-state index contributed by atoms with van der Waals surface area (Å²) >= 11 is 0. The van der Waals surface area contributed by atoms with Crippen molar-refractivity contribution in [2.45, 2.75) is 19.9 Å². The van der Waals surface area contributed by atoms with Crippen molar-refractivity contribution >= 4 is 17.9 Å². The fourth-order valence-electron chi connectivity index (χ4n) is 1.19. The lowest BCUT2D eigenvalue weighted by molar-refractivity contribution is -0.142. The number of likely N-dealkylation sites (N-methyl/N-ethyl adjacent to an activating group) is 1. The Hall–Kier alpha value is -1.83. The van der Waals surface area contributed by atoms with E-state index < -0.39 is 24.6 Å². The summed E-state index contributed by atoms with van der Waals surface area (Å²) in [5.41, 5.74) is 0. The van der Waals surface area contributed by atoms with Crippen LogP contribution in [0.15, 0.2) is 0 Å². The molecule has 110 valence electrons. The van der Waals surface area contributed by atoms with Gasteiger partial charge in [-0.05, 0) is 13.8 Å². The van der Waals surface area contributed by atoms with Crippen molar-refractivity contribution in [3.05, 3.63) is 0 Å². The molecule has 0 rings (SSSR count). The Labute approximate surface area is 112 Å². The van der Waals surface area contributed by atoms with Crippen LogP contribution in [0.1, 0.15) is 13.8 Å². The number of carboxylic acids is 1. The number of carbonyl (C=O) groups is 3. The summed E-state index contributed by atoms with van der Waals surface area (Å²) in [5.74, 6) is -1.24. The normalized spacial score (nSPS) is 11.5. The molecular weight excluding hydrogens is 254 g/mol. The van der Waals surface area contributed by atoms with Gasteiger partial charge in [-0.25, -0.2) is 9.59 Å². The summed E-state index contributed by atoms with van der Waals surface area (Å²) in [4.78, 5) is 34.7. The zero-order valence-corrected chi connectivity index (χ0v) is 11.4. The van der Waals surface area contributed by atoms with Crippen LogP contribution in [-0.4, -0.2) is 67.3 Å². The molecule has 8 heteroatoms. The summed E-state index contributed by atoms with van der Waals surface area (Å²) in [5, 5.41) is 13.3. The van der Waals surface area contributed by atoms with Crippen LogP contribution in [-0.2, 0) is 14.3 Å². The van der Waals surface area contributed by atoms with Crippen molar-refractivity contribution in [3.63, 3.8) is 0 Å². The predicted octanol–water partition coefficient (Wildman–Crippen LogP) is -0.746. The van der Waals surface area contributed by atoms with Crippen LogP contribution < -0.4 is 10.6 Å². The number of urea groups is 1. The van der Waals surface area contributed by atoms with Gasteiger partial charge in [-0.15, -0.1) is 0 Å². The van der Waals surface area contributed by atoms with Gasteiger partial charge < -0.3 is 25.4 Å². The third kappa shape index (κ3) is 7.98. The fraction of sp³-hybridized carbons (Fsp3) is 0.727. The van der Waals surface area contributed by atoms with E-state index in [4.69, 9.17) is 9.84 Å². The Balaban J connectivity index is 3.79. The molecule has 0 saturated heterocycles. The van der Waals surface area contributed by atoms with Gasteiger partial charge in [-0.2, -0.15) is 0 Å². The monoisotopic (exact) mass is 275 g/mol. The van der Waals surface area contributed by atoms with Gasteiger partial charge in [0.15, 0.2) is 0 Å². The Morgan fingerprint density at radius 3 is 2.53 bits per heavy atom. The molecule has 19 heavy (non-hydrogen) atoms. The first kappa shape index (κ1) is 17.2. The smallest absolute Gasteiger partial charge is 0.329 e. The van der Waals surface area contributed by atoms with Crippen LogP contribution in [0.2, 0.25) is 0 Å². The van der Waals surface area contributed by atoms with Gasteiger partial charge in [0.25, 0.3) is 0 Å². The molecule has 0 aromatic heterocycles. The minimum absolute atomic E-state index is 0.0942. The molecule has 1 atom stereocenters. The second-order valence-corrected chi connectivity index (χ2v) is 3.92. The van der Waals surface area contributed by atoms with Gasteiger partial charge in [0.05, 0.1) is 6.61 Å². The molecule has 0 heterocycles. The molecule has 0 spiro atoms. The fourth-order valence-corrected chi connectivity index (χ4v) is 1.19. The van der Waals surface area contributed by atoms with E-state index in [1.165, 1.54) is 4.90 Å². The van der Waals surface area contributed by atoms with Crippen molar-refractivity contribution in [1.29, 1.82) is 0 Å². The number of nitrogens with zero attached hydrogens (tertiary/aromatic N) is 1. The van der Waals surface area contributed by atoms with E-state index in [0.29, 0.717) is 6.54 Å². The highest BCUT2D eigenvalue weighted by molar-refractivity contribution is 5.86. The number of hydrogen-bond donors (Lipinski definition) is 3. The van der Waals surface area contributed by atoms with Crippen molar-refractivity contribution in [2.24, 2.45) is 0 Å². The Morgan fingerprint density at radius 1 is 1.37 bits per heavy atom. The summed E-state index contributed by atoms with van der Waals surface area (Å²) in [7, 11) is 1.65. The molecule has 8 nitrogen and oxygen atoms in total. The third-order valence-corrected chi connectivity index (χ3v) is 2.33. The highest BCUT2D eigenvalue weighted by Crippen LogP contribution is 1.91. The van der Waals surface area contributed by atoms with Crippen molar-refractivity contribution < 1.29 is 24.2 Å². The quantitative estimate of drug-likeness (QED) is 0.505. The Bertz CT molecular complexity index is 321. The number of ether oxygens (including phenoxy) is 1. The van der Waals surface area contributed by atoms with Crippen LogP contribution in [0.5, 0.6) is 0 Å². The standard InChI is InChI=1S/C11H21N3O5/c1-4-14(3)10(17)8(2)13-11(18)12-5-6-19-7-9(15)16/h8H,4-7H2,1-3H3,(H,15,16)(H2,12,13,18). The topological polar surface area (TPSA) is 108 Å². The van der Waals surface area contributed by atoms with Crippen LogP contribution in [0, 0.1) is 0 Å². The number of carbonyl (C=O) groups excluding carboxylic acids is 2. The van der Waals surface area contributed by atoms with Crippen molar-refractivity contribution in [1.82, 2.24) is 15.5 Å². The SMILES string of the molecule is CCN(C)C(=O)C(C)NC(=O)NCCOCC(=O)O. The van der Waals surface area contributed by atoms with E-state index in [1.807, 2.05) is 6.92 Å². The number of hydrogen-bond acceptors (Lipinski definition) is 4. The molecule has 0 bridgehead atoms. The summed E-state index contributed by atoms with van der Waals surface area (Å²) in [6.07, 6.45) is 0. The molecule has 0 radical (unpaired) electrons. The molecule has 0 aromatic carbocycles. The zero-order valence-electron chi connectivity index (χ0n) is 11.4. The van der Waals surface area contributed by atoms with Crippen LogP contribution in [0.3, 0.4) is 0 Å². The molecule has 1 unspecified atom stereocenters. The molecule has 0 saturated carbocycles.